The molecule has 0 saturated carbocycles. The van der Waals surface area contributed by atoms with E-state index in [1.807, 2.05) is 30.3 Å². The van der Waals surface area contributed by atoms with E-state index in [4.69, 9.17) is 14.2 Å². The molecule has 1 aromatic heterocycles. The molecule has 0 atom stereocenters. The van der Waals surface area contributed by atoms with Crippen molar-refractivity contribution in [2.45, 2.75) is 4.90 Å². The molecule has 0 aliphatic rings. The number of rotatable bonds is 7. The average molecular weight is 475 g/mol. The van der Waals surface area contributed by atoms with Crippen molar-refractivity contribution in [2.75, 3.05) is 21.3 Å². The maximum Gasteiger partial charge on any atom is 0.216 e. The van der Waals surface area contributed by atoms with E-state index in [1.165, 1.54) is 39.5 Å². The van der Waals surface area contributed by atoms with Crippen molar-refractivity contribution in [1.29, 1.82) is 5.26 Å². The van der Waals surface area contributed by atoms with Crippen molar-refractivity contribution in [3.05, 3.63) is 77.2 Å². The molecule has 0 aliphatic heterocycles. The lowest BCUT2D eigenvalue weighted by Crippen LogP contribution is -2.03. The molecule has 1 heterocycles. The van der Waals surface area contributed by atoms with E-state index in [0.717, 1.165) is 10.9 Å². The lowest BCUT2D eigenvalue weighted by molar-refractivity contribution is 0.324. The van der Waals surface area contributed by atoms with E-state index in [0.29, 0.717) is 34.1 Å². The molecule has 0 saturated heterocycles. The Morgan fingerprint density at radius 3 is 2.12 bits per heavy atom. The lowest BCUT2D eigenvalue weighted by atomic mass is 10.0. The van der Waals surface area contributed by atoms with Gasteiger partial charge in [0.2, 0.25) is 15.6 Å². The molecule has 0 amide bonds. The molecule has 0 aliphatic carbocycles. The fourth-order valence-electron chi connectivity index (χ4n) is 3.79. The van der Waals surface area contributed by atoms with Crippen LogP contribution in [0.4, 0.5) is 0 Å². The van der Waals surface area contributed by atoms with Crippen LogP contribution in [0.2, 0.25) is 0 Å². The fraction of sp³-hybridized carbons (Fsp3) is 0.115. The van der Waals surface area contributed by atoms with Gasteiger partial charge in [-0.3, -0.25) is 0 Å². The van der Waals surface area contributed by atoms with Crippen LogP contribution in [-0.2, 0) is 9.84 Å². The number of sulfone groups is 1. The Morgan fingerprint density at radius 1 is 0.912 bits per heavy atom. The molecule has 3 aromatic carbocycles. The predicted molar refractivity (Wildman–Crippen MR) is 131 cm³/mol. The standard InChI is InChI=1S/C26H22N2O5S/c1-31-23-13-17(14-24(32-2)26(23)33-3)25-21(20-11-7-8-12-22(20)28-25)15-19(16-27)34(29,30)18-9-5-4-6-10-18/h4-15,28H,1-3H3/b19-15+. The fourth-order valence-corrected chi connectivity index (χ4v) is 4.96. The molecular formula is C26H22N2O5S. The van der Waals surface area contributed by atoms with Crippen LogP contribution in [0.1, 0.15) is 5.56 Å². The van der Waals surface area contributed by atoms with Crippen LogP contribution in [0.25, 0.3) is 28.2 Å². The smallest absolute Gasteiger partial charge is 0.216 e. The van der Waals surface area contributed by atoms with Crippen LogP contribution >= 0.6 is 0 Å². The summed E-state index contributed by atoms with van der Waals surface area (Å²) in [5.41, 5.74) is 2.62. The molecule has 7 nitrogen and oxygen atoms in total. The first-order valence-corrected chi connectivity index (χ1v) is 11.8. The average Bonchev–Trinajstić information content (AvgIpc) is 3.24. The number of allylic oxidation sites excluding steroid dienone is 1. The summed E-state index contributed by atoms with van der Waals surface area (Å²) in [6, 6.07) is 20.8. The number of aromatic nitrogens is 1. The highest BCUT2D eigenvalue weighted by Gasteiger charge is 2.23. The number of benzene rings is 3. The summed E-state index contributed by atoms with van der Waals surface area (Å²) in [7, 11) is 0.547. The van der Waals surface area contributed by atoms with Crippen molar-refractivity contribution >= 4 is 26.8 Å². The molecule has 0 radical (unpaired) electrons. The van der Waals surface area contributed by atoms with E-state index in [2.05, 4.69) is 4.98 Å². The van der Waals surface area contributed by atoms with Crippen molar-refractivity contribution in [2.24, 2.45) is 0 Å². The number of aromatic amines is 1. The van der Waals surface area contributed by atoms with Crippen LogP contribution < -0.4 is 14.2 Å². The SMILES string of the molecule is COc1cc(-c2[nH]c3ccccc3c2/C=C(\C#N)S(=O)(=O)c2ccccc2)cc(OC)c1OC. The maximum atomic E-state index is 13.2. The van der Waals surface area contributed by atoms with Crippen LogP contribution in [-0.4, -0.2) is 34.7 Å². The van der Waals surface area contributed by atoms with Crippen molar-refractivity contribution in [1.82, 2.24) is 4.98 Å². The molecule has 4 aromatic rings. The first kappa shape index (κ1) is 23.0. The Bertz CT molecular complexity index is 1510. The van der Waals surface area contributed by atoms with Gasteiger partial charge in [0.05, 0.1) is 31.9 Å². The summed E-state index contributed by atoms with van der Waals surface area (Å²) in [6.45, 7) is 0. The minimum Gasteiger partial charge on any atom is -0.493 e. The normalized spacial score (nSPS) is 11.8. The van der Waals surface area contributed by atoms with Gasteiger partial charge in [-0.1, -0.05) is 36.4 Å². The number of nitrogens with one attached hydrogen (secondary N) is 1. The van der Waals surface area contributed by atoms with Gasteiger partial charge >= 0.3 is 0 Å². The molecular weight excluding hydrogens is 452 g/mol. The van der Waals surface area contributed by atoms with Crippen molar-refractivity contribution < 1.29 is 22.6 Å². The lowest BCUT2D eigenvalue weighted by Gasteiger charge is -2.14. The topological polar surface area (TPSA) is 101 Å². The third-order valence-electron chi connectivity index (χ3n) is 5.43. The van der Waals surface area contributed by atoms with Gasteiger partial charge in [-0.15, -0.1) is 0 Å². The van der Waals surface area contributed by atoms with Crippen LogP contribution in [0, 0.1) is 11.3 Å². The van der Waals surface area contributed by atoms with Crippen LogP contribution in [0.15, 0.2) is 76.5 Å². The Balaban J connectivity index is 2.00. The maximum absolute atomic E-state index is 13.2. The first-order valence-electron chi connectivity index (χ1n) is 10.3. The second-order valence-corrected chi connectivity index (χ2v) is 9.23. The van der Waals surface area contributed by atoms with Gasteiger partial charge in [0.25, 0.3) is 0 Å². The Hall–Kier alpha value is -4.22. The first-order chi connectivity index (χ1) is 16.4. The largest absolute Gasteiger partial charge is 0.493 e. The molecule has 0 fully saturated rings. The van der Waals surface area contributed by atoms with Gasteiger partial charge in [-0.25, -0.2) is 8.42 Å². The van der Waals surface area contributed by atoms with E-state index in [-0.39, 0.29) is 9.80 Å². The zero-order valence-electron chi connectivity index (χ0n) is 18.8. The Labute approximate surface area is 197 Å². The second kappa shape index (κ2) is 9.33. The summed E-state index contributed by atoms with van der Waals surface area (Å²) in [5.74, 6) is 1.33. The molecule has 1 N–H and O–H groups in total. The summed E-state index contributed by atoms with van der Waals surface area (Å²) in [4.78, 5) is 3.03. The van der Waals surface area contributed by atoms with Crippen molar-refractivity contribution in [3.63, 3.8) is 0 Å². The van der Waals surface area contributed by atoms with E-state index in [9.17, 15) is 13.7 Å². The van der Waals surface area contributed by atoms with Gasteiger partial charge < -0.3 is 19.2 Å². The number of ether oxygens (including phenoxy) is 3. The highest BCUT2D eigenvalue weighted by molar-refractivity contribution is 7.95. The highest BCUT2D eigenvalue weighted by Crippen LogP contribution is 2.43. The second-order valence-electron chi connectivity index (χ2n) is 7.31. The molecule has 0 spiro atoms. The van der Waals surface area contributed by atoms with Gasteiger partial charge in [0.1, 0.15) is 11.0 Å². The third kappa shape index (κ3) is 3.98. The Kier molecular flexibility index (Phi) is 6.30. The van der Waals surface area contributed by atoms with E-state index >= 15 is 0 Å². The summed E-state index contributed by atoms with van der Waals surface area (Å²) >= 11 is 0. The number of H-pyrrole nitrogens is 1. The third-order valence-corrected chi connectivity index (χ3v) is 7.11. The summed E-state index contributed by atoms with van der Waals surface area (Å²) in [6.07, 6.45) is 1.40. The van der Waals surface area contributed by atoms with E-state index < -0.39 is 9.84 Å². The molecule has 172 valence electrons. The molecule has 34 heavy (non-hydrogen) atoms. The monoisotopic (exact) mass is 474 g/mol. The molecule has 0 unspecified atom stereocenters. The van der Waals surface area contributed by atoms with Gasteiger partial charge in [0.15, 0.2) is 11.5 Å². The minimum atomic E-state index is -4.01. The van der Waals surface area contributed by atoms with Crippen LogP contribution in [0.5, 0.6) is 17.2 Å². The molecule has 4 rings (SSSR count). The summed E-state index contributed by atoms with van der Waals surface area (Å²) < 4.78 is 42.8. The molecule has 0 bridgehead atoms. The van der Waals surface area contributed by atoms with Crippen LogP contribution in [0.3, 0.4) is 0 Å². The number of hydrogen-bond acceptors (Lipinski definition) is 6. The van der Waals surface area contributed by atoms with E-state index in [1.54, 1.807) is 30.3 Å². The zero-order chi connectivity index (χ0) is 24.3. The number of fused-ring (bicyclic) bond motifs is 1. The van der Waals surface area contributed by atoms with Gasteiger partial charge in [0, 0.05) is 22.0 Å². The quantitative estimate of drug-likeness (QED) is 0.370. The number of hydrogen-bond donors (Lipinski definition) is 1. The predicted octanol–water partition coefficient (Wildman–Crippen LogP) is 5.20. The number of para-hydroxylation sites is 1. The Morgan fingerprint density at radius 2 is 1.53 bits per heavy atom. The zero-order valence-corrected chi connectivity index (χ0v) is 19.6. The van der Waals surface area contributed by atoms with Crippen molar-refractivity contribution in [3.8, 4) is 34.6 Å². The highest BCUT2D eigenvalue weighted by atomic mass is 32.2. The number of methoxy groups -OCH3 is 3. The van der Waals surface area contributed by atoms with Gasteiger partial charge in [-0.2, -0.15) is 5.26 Å². The summed E-state index contributed by atoms with van der Waals surface area (Å²) in [5, 5.41) is 10.6. The van der Waals surface area contributed by atoms with Gasteiger partial charge in [-0.05, 0) is 36.4 Å². The molecule has 8 heteroatoms. The number of nitriles is 1. The number of nitrogens with zero attached hydrogens (tertiary/aromatic N) is 1. The minimum absolute atomic E-state index is 0.0528.